The molecule has 0 aromatic carbocycles. The van der Waals surface area contributed by atoms with Crippen LogP contribution in [0, 0.1) is 0 Å². The fraction of sp³-hybridized carbons (Fsp3) is 0.273. The Kier molecular flexibility index (Phi) is 2.44. The molecule has 0 spiro atoms. The van der Waals surface area contributed by atoms with E-state index in [1.807, 2.05) is 6.07 Å². The van der Waals surface area contributed by atoms with E-state index in [4.69, 9.17) is 4.42 Å². The third-order valence-corrected chi connectivity index (χ3v) is 4.34. The molecule has 0 atom stereocenters. The zero-order valence-corrected chi connectivity index (χ0v) is 10.7. The van der Waals surface area contributed by atoms with E-state index in [1.165, 1.54) is 11.3 Å². The van der Waals surface area contributed by atoms with E-state index in [0.29, 0.717) is 12.2 Å². The molecule has 3 rings (SSSR count). The van der Waals surface area contributed by atoms with Gasteiger partial charge in [0.05, 0.1) is 21.3 Å². The van der Waals surface area contributed by atoms with Crippen LogP contribution in [0.5, 0.6) is 0 Å². The Morgan fingerprint density at radius 1 is 1.44 bits per heavy atom. The Morgan fingerprint density at radius 2 is 2.31 bits per heavy atom. The number of hydrogen-bond acceptors (Lipinski definition) is 4. The normalized spacial score (nSPS) is 15.2. The zero-order chi connectivity index (χ0) is 11.1. The number of nitrogens with zero attached hydrogens (tertiary/aromatic N) is 1. The summed E-state index contributed by atoms with van der Waals surface area (Å²) in [6.07, 6.45) is 4.07. The first kappa shape index (κ1) is 10.2. The Hall–Kier alpha value is -0.940. The van der Waals surface area contributed by atoms with Gasteiger partial charge in [-0.15, -0.1) is 11.3 Å². The maximum atomic E-state index is 11.7. The minimum absolute atomic E-state index is 0.215. The molecule has 16 heavy (non-hydrogen) atoms. The summed E-state index contributed by atoms with van der Waals surface area (Å²) in [5, 5.41) is 0.789. The summed E-state index contributed by atoms with van der Waals surface area (Å²) in [7, 11) is 0. The first-order valence-corrected chi connectivity index (χ1v) is 6.63. The molecule has 82 valence electrons. The highest BCUT2D eigenvalue weighted by molar-refractivity contribution is 9.10. The second-order valence-electron chi connectivity index (χ2n) is 3.67. The Morgan fingerprint density at radius 3 is 3.00 bits per heavy atom. The van der Waals surface area contributed by atoms with Crippen molar-refractivity contribution in [3.05, 3.63) is 27.4 Å². The lowest BCUT2D eigenvalue weighted by Crippen LogP contribution is -2.07. The zero-order valence-electron chi connectivity index (χ0n) is 8.33. The smallest absolute Gasteiger partial charge is 0.176 e. The highest BCUT2D eigenvalue weighted by atomic mass is 79.9. The average Bonchev–Trinajstić information content (AvgIpc) is 2.84. The number of carbonyl (C=O) groups excluding carboxylic acids is 1. The number of aromatic nitrogens is 1. The summed E-state index contributed by atoms with van der Waals surface area (Å²) in [6, 6.07) is 1.83. The highest BCUT2D eigenvalue weighted by Crippen LogP contribution is 2.36. The van der Waals surface area contributed by atoms with Crippen molar-refractivity contribution in [2.75, 3.05) is 0 Å². The van der Waals surface area contributed by atoms with E-state index in [-0.39, 0.29) is 5.78 Å². The van der Waals surface area contributed by atoms with Gasteiger partial charge in [0.15, 0.2) is 16.6 Å². The summed E-state index contributed by atoms with van der Waals surface area (Å²) in [5.41, 5.74) is 0.930. The van der Waals surface area contributed by atoms with Gasteiger partial charge in [-0.1, -0.05) is 0 Å². The number of aryl methyl sites for hydroxylation is 1. The molecule has 0 bridgehead atoms. The van der Waals surface area contributed by atoms with Crippen molar-refractivity contribution in [1.82, 2.24) is 4.98 Å². The van der Waals surface area contributed by atoms with Gasteiger partial charge in [-0.2, -0.15) is 0 Å². The number of ketones is 1. The fourth-order valence-electron chi connectivity index (χ4n) is 1.81. The topological polar surface area (TPSA) is 43.1 Å². The van der Waals surface area contributed by atoms with Crippen LogP contribution in [0.3, 0.4) is 0 Å². The van der Waals surface area contributed by atoms with Crippen molar-refractivity contribution in [3.8, 4) is 10.8 Å². The van der Waals surface area contributed by atoms with E-state index in [2.05, 4.69) is 20.9 Å². The molecule has 0 unspecified atom stereocenters. The quantitative estimate of drug-likeness (QED) is 0.806. The van der Waals surface area contributed by atoms with Crippen molar-refractivity contribution >= 4 is 33.0 Å². The number of furan rings is 1. The second-order valence-corrected chi connectivity index (χ2v) is 5.52. The van der Waals surface area contributed by atoms with Crippen molar-refractivity contribution in [2.45, 2.75) is 19.3 Å². The third kappa shape index (κ3) is 1.55. The van der Waals surface area contributed by atoms with Crippen LogP contribution < -0.4 is 0 Å². The summed E-state index contributed by atoms with van der Waals surface area (Å²) in [4.78, 5) is 17.0. The molecule has 0 radical (unpaired) electrons. The van der Waals surface area contributed by atoms with Crippen LogP contribution >= 0.6 is 27.3 Å². The molecule has 2 heterocycles. The van der Waals surface area contributed by atoms with Gasteiger partial charge in [-0.25, -0.2) is 4.98 Å². The van der Waals surface area contributed by atoms with Gasteiger partial charge < -0.3 is 4.42 Å². The van der Waals surface area contributed by atoms with Crippen LogP contribution in [0.1, 0.15) is 28.2 Å². The van der Waals surface area contributed by atoms with Gasteiger partial charge in [0, 0.05) is 6.42 Å². The SMILES string of the molecule is O=C1CCCc2nc(-c3occc3Br)sc21. The van der Waals surface area contributed by atoms with Crippen LogP contribution in [0.25, 0.3) is 10.8 Å². The molecule has 0 N–H and O–H groups in total. The number of fused-ring (bicyclic) bond motifs is 1. The third-order valence-electron chi connectivity index (χ3n) is 2.58. The van der Waals surface area contributed by atoms with E-state index in [1.54, 1.807) is 6.26 Å². The molecular weight excluding hydrogens is 290 g/mol. The molecule has 1 aliphatic rings. The van der Waals surface area contributed by atoms with Gasteiger partial charge >= 0.3 is 0 Å². The summed E-state index contributed by atoms with van der Waals surface area (Å²) in [6.45, 7) is 0. The summed E-state index contributed by atoms with van der Waals surface area (Å²) in [5.74, 6) is 0.930. The van der Waals surface area contributed by atoms with Gasteiger partial charge in [-0.3, -0.25) is 4.79 Å². The predicted molar refractivity (Wildman–Crippen MR) is 64.8 cm³/mol. The average molecular weight is 298 g/mol. The Balaban J connectivity index is 2.11. The standard InChI is InChI=1S/C11H8BrNO2S/c12-6-4-5-15-9(6)11-13-7-2-1-3-8(14)10(7)16-11/h4-5H,1-3H2. The highest BCUT2D eigenvalue weighted by Gasteiger charge is 2.24. The number of hydrogen-bond donors (Lipinski definition) is 0. The number of rotatable bonds is 1. The molecule has 0 fully saturated rings. The van der Waals surface area contributed by atoms with E-state index in [0.717, 1.165) is 32.9 Å². The number of thiazole rings is 1. The maximum Gasteiger partial charge on any atom is 0.176 e. The minimum Gasteiger partial charge on any atom is -0.461 e. The molecule has 0 amide bonds. The molecule has 2 aromatic rings. The fourth-order valence-corrected chi connectivity index (χ4v) is 3.41. The Bertz CT molecular complexity index is 558. The second kappa shape index (κ2) is 3.82. The number of Topliss-reactive ketones (excluding diaryl/α,β-unsaturated/α-hetero) is 1. The van der Waals surface area contributed by atoms with Gasteiger partial charge in [-0.05, 0) is 34.8 Å². The molecule has 1 aliphatic carbocycles. The van der Waals surface area contributed by atoms with Crippen molar-refractivity contribution in [3.63, 3.8) is 0 Å². The molecule has 3 nitrogen and oxygen atoms in total. The van der Waals surface area contributed by atoms with Gasteiger partial charge in [0.1, 0.15) is 0 Å². The monoisotopic (exact) mass is 297 g/mol. The summed E-state index contributed by atoms with van der Waals surface area (Å²) < 4.78 is 6.23. The molecule has 0 aliphatic heterocycles. The largest absolute Gasteiger partial charge is 0.461 e. The minimum atomic E-state index is 0.215. The molecule has 0 saturated carbocycles. The lowest BCUT2D eigenvalue weighted by molar-refractivity contribution is 0.0976. The van der Waals surface area contributed by atoms with E-state index in [9.17, 15) is 4.79 Å². The predicted octanol–water partition coefficient (Wildman–Crippen LogP) is 3.68. The van der Waals surface area contributed by atoms with E-state index >= 15 is 0 Å². The lowest BCUT2D eigenvalue weighted by atomic mass is 10.0. The molecule has 2 aromatic heterocycles. The molecule has 0 saturated heterocycles. The van der Waals surface area contributed by atoms with E-state index < -0.39 is 0 Å². The van der Waals surface area contributed by atoms with Crippen LogP contribution in [0.4, 0.5) is 0 Å². The van der Waals surface area contributed by atoms with Crippen LogP contribution in [0.2, 0.25) is 0 Å². The number of halogens is 1. The lowest BCUT2D eigenvalue weighted by Gasteiger charge is -2.06. The molecular formula is C11H8BrNO2S. The summed E-state index contributed by atoms with van der Waals surface area (Å²) >= 11 is 4.83. The van der Waals surface area contributed by atoms with Crippen molar-refractivity contribution < 1.29 is 9.21 Å². The number of carbonyl (C=O) groups is 1. The maximum absolute atomic E-state index is 11.7. The molecule has 5 heteroatoms. The first-order chi connectivity index (χ1) is 7.75. The van der Waals surface area contributed by atoms with Crippen LogP contribution in [-0.4, -0.2) is 10.8 Å². The van der Waals surface area contributed by atoms with Gasteiger partial charge in [0.2, 0.25) is 0 Å². The van der Waals surface area contributed by atoms with Crippen LogP contribution in [-0.2, 0) is 6.42 Å². The van der Waals surface area contributed by atoms with Gasteiger partial charge in [0.25, 0.3) is 0 Å². The van der Waals surface area contributed by atoms with Crippen molar-refractivity contribution in [1.29, 1.82) is 0 Å². The first-order valence-electron chi connectivity index (χ1n) is 5.02. The van der Waals surface area contributed by atoms with Crippen molar-refractivity contribution in [2.24, 2.45) is 0 Å². The Labute approximate surface area is 105 Å². The van der Waals surface area contributed by atoms with Crippen LogP contribution in [0.15, 0.2) is 21.2 Å².